The molecule has 1 fully saturated rings. The smallest absolute Gasteiger partial charge is 0.262 e. The van der Waals surface area contributed by atoms with Crippen LogP contribution in [-0.2, 0) is 9.53 Å². The molecule has 1 rings (SSSR count). The lowest BCUT2D eigenvalue weighted by Crippen LogP contribution is -2.41. The van der Waals surface area contributed by atoms with Crippen LogP contribution in [0.15, 0.2) is 0 Å². The third-order valence-corrected chi connectivity index (χ3v) is 2.11. The molecule has 0 aliphatic carbocycles. The minimum atomic E-state index is -0.324. The average Bonchev–Trinajstić information content (AvgIpc) is 2.02. The highest BCUT2D eigenvalue weighted by Gasteiger charge is 2.18. The summed E-state index contributed by atoms with van der Waals surface area (Å²) in [4.78, 5) is 11.1. The van der Waals surface area contributed by atoms with Crippen molar-refractivity contribution in [1.82, 2.24) is 5.43 Å². The van der Waals surface area contributed by atoms with Gasteiger partial charge in [0.2, 0.25) is 0 Å². The van der Waals surface area contributed by atoms with Crippen LogP contribution in [0.25, 0.3) is 0 Å². The van der Waals surface area contributed by atoms with Gasteiger partial charge in [0.05, 0.1) is 0 Å². The molecule has 0 radical (unpaired) electrons. The Morgan fingerprint density at radius 2 is 2.08 bits per heavy atom. The molecule has 0 saturated carbocycles. The van der Waals surface area contributed by atoms with E-state index in [4.69, 9.17) is 10.6 Å². The van der Waals surface area contributed by atoms with Gasteiger partial charge in [0.1, 0.15) is 6.10 Å². The van der Waals surface area contributed by atoms with Gasteiger partial charge >= 0.3 is 0 Å². The fraction of sp³-hybridized carbons (Fsp3) is 0.875. The standard InChI is InChI=1S/C8H16N2O2/c9-10-8(11)7-5-3-1-2-4-6-12-7/h7H,1-6,9H2,(H,10,11)/t7-/m0/s1. The molecule has 1 atom stereocenters. The van der Waals surface area contributed by atoms with E-state index in [-0.39, 0.29) is 12.0 Å². The van der Waals surface area contributed by atoms with E-state index in [1.54, 1.807) is 0 Å². The normalized spacial score (nSPS) is 25.6. The van der Waals surface area contributed by atoms with Gasteiger partial charge in [0.25, 0.3) is 5.91 Å². The summed E-state index contributed by atoms with van der Waals surface area (Å²) in [5, 5.41) is 0. The molecule has 3 N–H and O–H groups in total. The number of nitrogens with two attached hydrogens (primary N) is 1. The summed E-state index contributed by atoms with van der Waals surface area (Å²) >= 11 is 0. The molecule has 4 heteroatoms. The molecule has 0 aromatic carbocycles. The van der Waals surface area contributed by atoms with Gasteiger partial charge in [-0.2, -0.15) is 0 Å². The zero-order valence-electron chi connectivity index (χ0n) is 7.21. The number of ether oxygens (including phenoxy) is 1. The molecular formula is C8H16N2O2. The Hall–Kier alpha value is -0.610. The second kappa shape index (κ2) is 5.11. The molecule has 1 heterocycles. The predicted octanol–water partition coefficient (Wildman–Crippen LogP) is 0.326. The number of nitrogens with one attached hydrogen (secondary N) is 1. The minimum Gasteiger partial charge on any atom is -0.368 e. The molecule has 1 aliphatic heterocycles. The van der Waals surface area contributed by atoms with E-state index in [0.717, 1.165) is 19.3 Å². The number of hydrogen-bond donors (Lipinski definition) is 2. The maximum Gasteiger partial charge on any atom is 0.262 e. The molecule has 70 valence electrons. The highest BCUT2D eigenvalue weighted by atomic mass is 16.5. The monoisotopic (exact) mass is 172 g/mol. The van der Waals surface area contributed by atoms with Crippen LogP contribution in [0.2, 0.25) is 0 Å². The first-order valence-electron chi connectivity index (χ1n) is 4.46. The van der Waals surface area contributed by atoms with Gasteiger partial charge in [0.15, 0.2) is 0 Å². The highest BCUT2D eigenvalue weighted by Crippen LogP contribution is 2.13. The Morgan fingerprint density at radius 3 is 2.83 bits per heavy atom. The van der Waals surface area contributed by atoms with Gasteiger partial charge in [-0.05, 0) is 12.8 Å². The summed E-state index contributed by atoms with van der Waals surface area (Å²) in [6, 6.07) is 0. The number of carbonyl (C=O) groups excluding carboxylic acids is 1. The van der Waals surface area contributed by atoms with Crippen LogP contribution in [0.5, 0.6) is 0 Å². The zero-order valence-corrected chi connectivity index (χ0v) is 7.21. The van der Waals surface area contributed by atoms with Gasteiger partial charge in [-0.15, -0.1) is 0 Å². The van der Waals surface area contributed by atoms with E-state index in [1.165, 1.54) is 12.8 Å². The zero-order chi connectivity index (χ0) is 8.81. The summed E-state index contributed by atoms with van der Waals surface area (Å²) in [7, 11) is 0. The van der Waals surface area contributed by atoms with Gasteiger partial charge in [0, 0.05) is 6.61 Å². The summed E-state index contributed by atoms with van der Waals surface area (Å²) in [6.07, 6.45) is 4.97. The molecule has 0 unspecified atom stereocenters. The average molecular weight is 172 g/mol. The maximum atomic E-state index is 11.1. The van der Waals surface area contributed by atoms with E-state index >= 15 is 0 Å². The van der Waals surface area contributed by atoms with E-state index in [1.807, 2.05) is 0 Å². The van der Waals surface area contributed by atoms with E-state index in [0.29, 0.717) is 6.61 Å². The van der Waals surface area contributed by atoms with Gasteiger partial charge < -0.3 is 4.74 Å². The number of hydrogen-bond acceptors (Lipinski definition) is 3. The molecule has 4 nitrogen and oxygen atoms in total. The second-order valence-electron chi connectivity index (χ2n) is 3.07. The molecule has 1 saturated heterocycles. The highest BCUT2D eigenvalue weighted by molar-refractivity contribution is 5.80. The van der Waals surface area contributed by atoms with Crippen LogP contribution in [-0.4, -0.2) is 18.6 Å². The van der Waals surface area contributed by atoms with Crippen LogP contribution >= 0.6 is 0 Å². The summed E-state index contributed by atoms with van der Waals surface area (Å²) < 4.78 is 5.34. The fourth-order valence-electron chi connectivity index (χ4n) is 1.39. The van der Waals surface area contributed by atoms with Crippen LogP contribution in [0.3, 0.4) is 0 Å². The van der Waals surface area contributed by atoms with Crippen LogP contribution in [0, 0.1) is 0 Å². The van der Waals surface area contributed by atoms with Gasteiger partial charge in [-0.3, -0.25) is 10.2 Å². The summed E-state index contributed by atoms with van der Waals surface area (Å²) in [5.74, 6) is 4.82. The maximum absolute atomic E-state index is 11.1. The van der Waals surface area contributed by atoms with E-state index in [2.05, 4.69) is 5.43 Å². The lowest BCUT2D eigenvalue weighted by molar-refractivity contribution is -0.133. The van der Waals surface area contributed by atoms with Crippen molar-refractivity contribution < 1.29 is 9.53 Å². The topological polar surface area (TPSA) is 64.3 Å². The van der Waals surface area contributed by atoms with Crippen molar-refractivity contribution in [3.8, 4) is 0 Å². The molecular weight excluding hydrogens is 156 g/mol. The first-order chi connectivity index (χ1) is 5.84. The number of carbonyl (C=O) groups is 1. The second-order valence-corrected chi connectivity index (χ2v) is 3.07. The van der Waals surface area contributed by atoms with Crippen LogP contribution in [0.1, 0.15) is 32.1 Å². The predicted molar refractivity (Wildman–Crippen MR) is 45.2 cm³/mol. The molecule has 0 aromatic heterocycles. The molecule has 0 bridgehead atoms. The van der Waals surface area contributed by atoms with Crippen molar-refractivity contribution in [3.63, 3.8) is 0 Å². The number of amides is 1. The summed E-state index contributed by atoms with van der Waals surface area (Å²) in [6.45, 7) is 0.679. The summed E-state index contributed by atoms with van der Waals surface area (Å²) in [5.41, 5.74) is 2.12. The number of rotatable bonds is 1. The van der Waals surface area contributed by atoms with Crippen molar-refractivity contribution in [1.29, 1.82) is 0 Å². The van der Waals surface area contributed by atoms with Crippen LogP contribution < -0.4 is 11.3 Å². The van der Waals surface area contributed by atoms with Gasteiger partial charge in [-0.25, -0.2) is 5.84 Å². The Balaban J connectivity index is 2.34. The van der Waals surface area contributed by atoms with Crippen molar-refractivity contribution in [2.75, 3.05) is 6.61 Å². The first kappa shape index (κ1) is 9.48. The quantitative estimate of drug-likeness (QED) is 0.340. The fourth-order valence-corrected chi connectivity index (χ4v) is 1.39. The van der Waals surface area contributed by atoms with E-state index < -0.39 is 0 Å². The lowest BCUT2D eigenvalue weighted by atomic mass is 10.1. The van der Waals surface area contributed by atoms with Gasteiger partial charge in [-0.1, -0.05) is 19.3 Å². The van der Waals surface area contributed by atoms with E-state index in [9.17, 15) is 4.79 Å². The lowest BCUT2D eigenvalue weighted by Gasteiger charge is -2.18. The Morgan fingerprint density at radius 1 is 1.33 bits per heavy atom. The molecule has 1 amide bonds. The van der Waals surface area contributed by atoms with Crippen LogP contribution in [0.4, 0.5) is 0 Å². The number of hydrazine groups is 1. The third kappa shape index (κ3) is 2.79. The Kier molecular flexibility index (Phi) is 4.04. The van der Waals surface area contributed by atoms with Crippen molar-refractivity contribution >= 4 is 5.91 Å². The van der Waals surface area contributed by atoms with Crippen molar-refractivity contribution in [2.45, 2.75) is 38.2 Å². The molecule has 1 aliphatic rings. The molecule has 12 heavy (non-hydrogen) atoms. The minimum absolute atomic E-state index is 0.197. The Bertz CT molecular complexity index is 142. The third-order valence-electron chi connectivity index (χ3n) is 2.11. The largest absolute Gasteiger partial charge is 0.368 e. The SMILES string of the molecule is NNC(=O)[C@@H]1CCCCCCO1. The van der Waals surface area contributed by atoms with Crippen molar-refractivity contribution in [2.24, 2.45) is 5.84 Å². The Labute approximate surface area is 72.4 Å². The van der Waals surface area contributed by atoms with Crippen molar-refractivity contribution in [3.05, 3.63) is 0 Å². The first-order valence-corrected chi connectivity index (χ1v) is 4.46. The molecule has 0 aromatic rings. The molecule has 0 spiro atoms.